The molecular weight excluding hydrogens is 458 g/mol. The summed E-state index contributed by atoms with van der Waals surface area (Å²) in [5, 5.41) is 11.6. The summed E-state index contributed by atoms with van der Waals surface area (Å²) in [6.45, 7) is 2.87. The minimum absolute atomic E-state index is 0.107. The van der Waals surface area contributed by atoms with Gasteiger partial charge in [-0.3, -0.25) is 4.79 Å². The molecule has 0 radical (unpaired) electrons. The number of unbranched alkanes of at least 4 members (excludes halogenated alkanes) is 1. The second kappa shape index (κ2) is 17.5. The van der Waals surface area contributed by atoms with Crippen molar-refractivity contribution in [2.24, 2.45) is 5.92 Å². The highest BCUT2D eigenvalue weighted by Crippen LogP contribution is 2.27. The first-order valence-electron chi connectivity index (χ1n) is 12.1. The molecule has 0 saturated heterocycles. The van der Waals surface area contributed by atoms with Gasteiger partial charge in [-0.15, -0.1) is 10.1 Å². The second-order valence-corrected chi connectivity index (χ2v) is 8.57. The van der Waals surface area contributed by atoms with E-state index in [9.17, 15) is 23.7 Å². The van der Waals surface area contributed by atoms with E-state index in [1.165, 1.54) is 6.42 Å². The number of amides is 1. The molecule has 1 N–H and O–H groups in total. The van der Waals surface area contributed by atoms with Gasteiger partial charge < -0.3 is 14.9 Å². The predicted molar refractivity (Wildman–Crippen MR) is 132 cm³/mol. The topological polar surface area (TPSA) is 90.7 Å². The summed E-state index contributed by atoms with van der Waals surface area (Å²) in [7, 11) is 0. The predicted octanol–water partition coefficient (Wildman–Crippen LogP) is 6.28. The molecule has 0 heterocycles. The Labute approximate surface area is 206 Å². The van der Waals surface area contributed by atoms with Crippen LogP contribution in [0.25, 0.3) is 0 Å². The lowest BCUT2D eigenvalue weighted by Gasteiger charge is -2.19. The number of rotatable bonds is 13. The lowest BCUT2D eigenvalue weighted by Crippen LogP contribution is -2.36. The van der Waals surface area contributed by atoms with Gasteiger partial charge in [0.2, 0.25) is 5.91 Å². The van der Waals surface area contributed by atoms with Gasteiger partial charge in [-0.2, -0.15) is 8.78 Å². The Bertz CT molecular complexity index is 781. The zero-order valence-corrected chi connectivity index (χ0v) is 20.7. The number of alkyl halides is 2. The third-order valence-corrected chi connectivity index (χ3v) is 5.28. The Balaban J connectivity index is 0.000000357. The van der Waals surface area contributed by atoms with Crippen LogP contribution in [0, 0.1) is 16.0 Å². The Hall–Kier alpha value is -2.97. The molecule has 1 aliphatic carbocycles. The third kappa shape index (κ3) is 16.3. The average Bonchev–Trinajstić information content (AvgIpc) is 2.85. The molecule has 0 bridgehead atoms. The van der Waals surface area contributed by atoms with Crippen molar-refractivity contribution in [1.82, 2.24) is 5.32 Å². The van der Waals surface area contributed by atoms with Crippen LogP contribution < -0.4 is 10.1 Å². The van der Waals surface area contributed by atoms with Crippen LogP contribution in [0.5, 0.6) is 5.75 Å². The molecule has 1 fully saturated rings. The van der Waals surface area contributed by atoms with Crippen LogP contribution >= 0.6 is 0 Å². The van der Waals surface area contributed by atoms with Crippen LogP contribution in [-0.2, 0) is 9.63 Å². The zero-order chi connectivity index (χ0) is 25.9. The monoisotopic (exact) mass is 496 g/mol. The molecule has 1 aliphatic rings. The van der Waals surface area contributed by atoms with Crippen molar-refractivity contribution in [3.63, 3.8) is 0 Å². The summed E-state index contributed by atoms with van der Waals surface area (Å²) in [6.07, 6.45) is 14.3. The van der Waals surface area contributed by atoms with E-state index in [4.69, 9.17) is 4.74 Å². The number of halogens is 2. The third-order valence-electron chi connectivity index (χ3n) is 5.28. The van der Waals surface area contributed by atoms with Crippen LogP contribution in [-0.4, -0.2) is 36.2 Å². The molecule has 0 aliphatic heterocycles. The Morgan fingerprint density at radius 2 is 1.94 bits per heavy atom. The lowest BCUT2D eigenvalue weighted by atomic mass is 9.89. The molecule has 1 unspecified atom stereocenters. The molecule has 196 valence electrons. The van der Waals surface area contributed by atoms with E-state index >= 15 is 0 Å². The molecule has 1 amide bonds. The standard InChI is InChI=1S/C16H20F2O.C10H18N2O4/c17-16(18,12-11-14-7-3-1-4-8-14)13-19-15-9-5-2-6-10-15;1-3-4-5-6-7-10(13)11-9(2)8-16-12(14)15/h2,5-6,9-12,14H,1,3-4,7-8,13H2;3-4,9H,5-8H2,1-2H3,(H,11,13)/b12-11+;4-3-. The zero-order valence-electron chi connectivity index (χ0n) is 20.7. The highest BCUT2D eigenvalue weighted by atomic mass is 19.3. The van der Waals surface area contributed by atoms with Gasteiger partial charge in [-0.05, 0) is 63.7 Å². The minimum atomic E-state index is -2.90. The fourth-order valence-corrected chi connectivity index (χ4v) is 3.46. The van der Waals surface area contributed by atoms with Crippen molar-refractivity contribution in [1.29, 1.82) is 0 Å². The van der Waals surface area contributed by atoms with Gasteiger partial charge in [0.05, 0.1) is 0 Å². The number of carbonyl (C=O) groups is 1. The number of hydrogen-bond donors (Lipinski definition) is 1. The van der Waals surface area contributed by atoms with E-state index in [-0.39, 0.29) is 18.6 Å². The maximum Gasteiger partial charge on any atom is 0.299 e. The molecule has 2 rings (SSSR count). The molecule has 1 aromatic rings. The molecule has 7 nitrogen and oxygen atoms in total. The maximum absolute atomic E-state index is 13.7. The molecule has 35 heavy (non-hydrogen) atoms. The largest absolute Gasteiger partial charge is 0.487 e. The quantitative estimate of drug-likeness (QED) is 0.150. The van der Waals surface area contributed by atoms with Gasteiger partial charge in [-0.25, -0.2) is 0 Å². The number of hydrogen-bond acceptors (Lipinski definition) is 5. The van der Waals surface area contributed by atoms with Gasteiger partial charge in [-0.1, -0.05) is 55.7 Å². The molecule has 1 saturated carbocycles. The number of nitrogens with zero attached hydrogens (tertiary/aromatic N) is 1. The smallest absolute Gasteiger partial charge is 0.299 e. The van der Waals surface area contributed by atoms with E-state index < -0.39 is 17.6 Å². The number of carbonyl (C=O) groups excluding carboxylic acids is 1. The van der Waals surface area contributed by atoms with E-state index in [1.54, 1.807) is 37.3 Å². The van der Waals surface area contributed by atoms with E-state index in [1.807, 2.05) is 25.1 Å². The van der Waals surface area contributed by atoms with Crippen LogP contribution in [0.1, 0.15) is 65.2 Å². The number of para-hydroxylation sites is 1. The van der Waals surface area contributed by atoms with Crippen LogP contribution in [0.3, 0.4) is 0 Å². The lowest BCUT2D eigenvalue weighted by molar-refractivity contribution is -0.758. The fraction of sp³-hybridized carbons (Fsp3) is 0.577. The summed E-state index contributed by atoms with van der Waals surface area (Å²) in [6, 6.07) is 8.38. The minimum Gasteiger partial charge on any atom is -0.487 e. The van der Waals surface area contributed by atoms with Gasteiger partial charge in [0.25, 0.3) is 11.0 Å². The number of nitrogens with one attached hydrogen (secondary N) is 1. The molecule has 0 aromatic heterocycles. The normalized spacial score (nSPS) is 15.3. The summed E-state index contributed by atoms with van der Waals surface area (Å²) in [4.78, 5) is 25.3. The van der Waals surface area contributed by atoms with Crippen molar-refractivity contribution in [2.75, 3.05) is 13.2 Å². The summed E-state index contributed by atoms with van der Waals surface area (Å²) in [5.41, 5.74) is 0. The highest BCUT2D eigenvalue weighted by molar-refractivity contribution is 5.76. The van der Waals surface area contributed by atoms with Gasteiger partial charge in [0.1, 0.15) is 12.4 Å². The van der Waals surface area contributed by atoms with Crippen molar-refractivity contribution in [3.8, 4) is 5.75 Å². The first kappa shape index (κ1) is 30.1. The van der Waals surface area contributed by atoms with Crippen molar-refractivity contribution >= 4 is 5.91 Å². The average molecular weight is 497 g/mol. The first-order valence-corrected chi connectivity index (χ1v) is 12.1. The van der Waals surface area contributed by atoms with E-state index in [0.29, 0.717) is 18.1 Å². The van der Waals surface area contributed by atoms with Gasteiger partial charge in [0, 0.05) is 12.5 Å². The Morgan fingerprint density at radius 1 is 1.26 bits per heavy atom. The summed E-state index contributed by atoms with van der Waals surface area (Å²) < 4.78 is 32.4. The first-order chi connectivity index (χ1) is 16.7. The van der Waals surface area contributed by atoms with Crippen molar-refractivity contribution in [2.45, 2.75) is 77.2 Å². The van der Waals surface area contributed by atoms with Crippen molar-refractivity contribution < 1.29 is 28.2 Å². The van der Waals surface area contributed by atoms with Crippen LogP contribution in [0.4, 0.5) is 8.78 Å². The number of ether oxygens (including phenoxy) is 1. The van der Waals surface area contributed by atoms with Crippen molar-refractivity contribution in [3.05, 3.63) is 64.8 Å². The number of benzene rings is 1. The highest BCUT2D eigenvalue weighted by Gasteiger charge is 2.27. The Morgan fingerprint density at radius 3 is 2.57 bits per heavy atom. The second-order valence-electron chi connectivity index (χ2n) is 8.57. The van der Waals surface area contributed by atoms with E-state index in [2.05, 4.69) is 10.2 Å². The van der Waals surface area contributed by atoms with E-state index in [0.717, 1.165) is 44.6 Å². The number of allylic oxidation sites excluding steroid dienone is 3. The SMILES string of the molecule is C/C=C\CCCC(=O)NC(C)CO[N+](=O)[O-].FC(F)(/C=C/C1CCCCC1)COc1ccccc1. The molecule has 0 spiro atoms. The van der Waals surface area contributed by atoms with Gasteiger partial charge >= 0.3 is 0 Å². The maximum atomic E-state index is 13.7. The summed E-state index contributed by atoms with van der Waals surface area (Å²) in [5.74, 6) is -2.21. The molecule has 9 heteroatoms. The fourth-order valence-electron chi connectivity index (χ4n) is 3.46. The molecule has 1 atom stereocenters. The van der Waals surface area contributed by atoms with Crippen LogP contribution in [0.2, 0.25) is 0 Å². The van der Waals surface area contributed by atoms with Crippen LogP contribution in [0.15, 0.2) is 54.6 Å². The Kier molecular flexibility index (Phi) is 15.0. The molecular formula is C26H38F2N2O5. The molecule has 1 aromatic carbocycles. The summed E-state index contributed by atoms with van der Waals surface area (Å²) >= 11 is 0. The van der Waals surface area contributed by atoms with Gasteiger partial charge in [0.15, 0.2) is 6.61 Å².